The van der Waals surface area contributed by atoms with Gasteiger partial charge in [-0.1, -0.05) is 0 Å². The Balaban J connectivity index is 1.46. The fraction of sp³-hybridized carbons (Fsp3) is 0.280. The van der Waals surface area contributed by atoms with Crippen LogP contribution in [-0.2, 0) is 17.8 Å². The van der Waals surface area contributed by atoms with Crippen molar-refractivity contribution < 1.29 is 24.1 Å². The summed E-state index contributed by atoms with van der Waals surface area (Å²) in [6.45, 7) is 1.13. The Labute approximate surface area is 200 Å². The fourth-order valence-electron chi connectivity index (χ4n) is 4.49. The van der Waals surface area contributed by atoms with Crippen molar-refractivity contribution in [1.82, 2.24) is 14.9 Å². The molecule has 0 saturated heterocycles. The summed E-state index contributed by atoms with van der Waals surface area (Å²) in [5, 5.41) is 11.9. The van der Waals surface area contributed by atoms with Gasteiger partial charge < -0.3 is 24.3 Å². The number of carbonyl (C=O) groups is 1. The Morgan fingerprint density at radius 3 is 2.68 bits per heavy atom. The van der Waals surface area contributed by atoms with Crippen LogP contribution in [0.5, 0.6) is 17.2 Å². The van der Waals surface area contributed by atoms with Crippen molar-refractivity contribution in [2.75, 3.05) is 27.9 Å². The molecule has 3 heterocycles. The first-order valence-electron chi connectivity index (χ1n) is 10.8. The van der Waals surface area contributed by atoms with Gasteiger partial charge >= 0.3 is 5.97 Å². The first-order valence-corrected chi connectivity index (χ1v) is 11.7. The molecule has 0 radical (unpaired) electrons. The van der Waals surface area contributed by atoms with Crippen LogP contribution in [0.3, 0.4) is 0 Å². The maximum atomic E-state index is 12.4. The molecule has 0 saturated carbocycles. The second-order valence-electron chi connectivity index (χ2n) is 8.08. The zero-order chi connectivity index (χ0) is 23.8. The second kappa shape index (κ2) is 9.00. The molecule has 0 spiro atoms. The maximum Gasteiger partial charge on any atom is 0.325 e. The number of thiazole rings is 1. The number of carboxylic acids is 1. The van der Waals surface area contributed by atoms with Crippen molar-refractivity contribution in [3.63, 3.8) is 0 Å². The molecule has 5 rings (SSSR count). The van der Waals surface area contributed by atoms with Crippen LogP contribution >= 0.6 is 11.3 Å². The topological polar surface area (TPSA) is 96.9 Å². The quantitative estimate of drug-likeness (QED) is 0.403. The van der Waals surface area contributed by atoms with Crippen molar-refractivity contribution in [1.29, 1.82) is 0 Å². The van der Waals surface area contributed by atoms with Crippen LogP contribution in [0, 0.1) is 0 Å². The molecule has 1 atom stereocenters. The Bertz CT molecular complexity index is 1360. The summed E-state index contributed by atoms with van der Waals surface area (Å²) in [4.78, 5) is 23.6. The van der Waals surface area contributed by atoms with Crippen molar-refractivity contribution >= 4 is 28.2 Å². The van der Waals surface area contributed by atoms with Crippen LogP contribution in [0.4, 0.5) is 0 Å². The van der Waals surface area contributed by atoms with Crippen LogP contribution in [0.25, 0.3) is 21.5 Å². The van der Waals surface area contributed by atoms with Crippen LogP contribution in [0.1, 0.15) is 22.2 Å². The number of H-pyrrole nitrogens is 1. The molecule has 2 aromatic heterocycles. The van der Waals surface area contributed by atoms with Crippen LogP contribution in [0.15, 0.2) is 42.6 Å². The van der Waals surface area contributed by atoms with Crippen molar-refractivity contribution in [2.24, 2.45) is 0 Å². The number of hydrogen-bond donors (Lipinski definition) is 2. The van der Waals surface area contributed by atoms with Gasteiger partial charge in [0.25, 0.3) is 0 Å². The predicted molar refractivity (Wildman–Crippen MR) is 130 cm³/mol. The van der Waals surface area contributed by atoms with E-state index < -0.39 is 12.0 Å². The van der Waals surface area contributed by atoms with Crippen LogP contribution in [-0.4, -0.2) is 53.8 Å². The minimum atomic E-state index is -0.878. The molecule has 2 aromatic carbocycles. The number of carboxylic acid groups (broad SMARTS) is 1. The number of rotatable bonds is 7. The molecular formula is C25H25N3O5S. The van der Waals surface area contributed by atoms with Crippen LogP contribution < -0.4 is 14.2 Å². The molecule has 4 aromatic rings. The summed E-state index contributed by atoms with van der Waals surface area (Å²) in [6.07, 6.45) is 2.48. The molecule has 0 bridgehead atoms. The third-order valence-corrected chi connectivity index (χ3v) is 7.34. The number of fused-ring (bicyclic) bond motifs is 2. The third kappa shape index (κ3) is 3.86. The van der Waals surface area contributed by atoms with E-state index in [9.17, 15) is 9.90 Å². The van der Waals surface area contributed by atoms with Crippen LogP contribution in [0.2, 0.25) is 0 Å². The number of nitrogens with one attached hydrogen (secondary N) is 1. The number of hydrogen-bond acceptors (Lipinski definition) is 7. The average Bonchev–Trinajstić information content (AvgIpc) is 3.47. The van der Waals surface area contributed by atoms with E-state index in [1.54, 1.807) is 38.9 Å². The van der Waals surface area contributed by atoms with E-state index >= 15 is 0 Å². The van der Waals surface area contributed by atoms with Gasteiger partial charge in [0, 0.05) is 52.6 Å². The number of aromatic nitrogens is 2. The number of ether oxygens (including phenoxy) is 3. The molecule has 0 amide bonds. The lowest BCUT2D eigenvalue weighted by atomic mass is 10.0. The van der Waals surface area contributed by atoms with Crippen molar-refractivity contribution in [2.45, 2.75) is 19.0 Å². The molecule has 1 aliphatic heterocycles. The Morgan fingerprint density at radius 1 is 1.12 bits per heavy atom. The van der Waals surface area contributed by atoms with E-state index in [4.69, 9.17) is 19.2 Å². The van der Waals surface area contributed by atoms with Crippen molar-refractivity contribution in [3.05, 3.63) is 58.7 Å². The van der Waals surface area contributed by atoms with Gasteiger partial charge in [-0.3, -0.25) is 9.69 Å². The zero-order valence-corrected chi connectivity index (χ0v) is 19.9. The van der Waals surface area contributed by atoms with Crippen molar-refractivity contribution in [3.8, 4) is 27.8 Å². The highest BCUT2D eigenvalue weighted by Gasteiger charge is 2.33. The van der Waals surface area contributed by atoms with E-state index in [0.717, 1.165) is 37.6 Å². The summed E-state index contributed by atoms with van der Waals surface area (Å²) < 4.78 is 16.1. The van der Waals surface area contributed by atoms with Gasteiger partial charge in [0.15, 0.2) is 11.5 Å². The smallest absolute Gasteiger partial charge is 0.325 e. The highest BCUT2D eigenvalue weighted by atomic mass is 32.1. The lowest BCUT2D eigenvalue weighted by Crippen LogP contribution is -2.37. The third-order valence-electron chi connectivity index (χ3n) is 6.21. The van der Waals surface area contributed by atoms with Gasteiger partial charge in [0.05, 0.1) is 27.0 Å². The monoisotopic (exact) mass is 479 g/mol. The minimum absolute atomic E-state index is 0.522. The predicted octanol–water partition coefficient (Wildman–Crippen LogP) is 4.50. The molecule has 0 aliphatic carbocycles. The van der Waals surface area contributed by atoms with Gasteiger partial charge in [-0.2, -0.15) is 0 Å². The van der Waals surface area contributed by atoms with Gasteiger partial charge in [-0.25, -0.2) is 4.98 Å². The Hall–Kier alpha value is -3.56. The zero-order valence-electron chi connectivity index (χ0n) is 19.1. The molecule has 0 unspecified atom stereocenters. The highest BCUT2D eigenvalue weighted by Crippen LogP contribution is 2.39. The van der Waals surface area contributed by atoms with Gasteiger partial charge in [-0.15, -0.1) is 11.3 Å². The minimum Gasteiger partial charge on any atom is -0.497 e. The molecule has 8 nitrogen and oxygen atoms in total. The largest absolute Gasteiger partial charge is 0.497 e. The normalized spacial score (nSPS) is 14.6. The van der Waals surface area contributed by atoms with E-state index in [-0.39, 0.29) is 0 Å². The summed E-state index contributed by atoms with van der Waals surface area (Å²) in [5.74, 6) is 1.13. The number of aliphatic carboxylic acids is 1. The number of methoxy groups -OCH3 is 3. The Kier molecular flexibility index (Phi) is 5.89. The molecule has 9 heteroatoms. The second-order valence-corrected chi connectivity index (χ2v) is 9.16. The summed E-state index contributed by atoms with van der Waals surface area (Å²) in [5.41, 5.74) is 3.58. The summed E-state index contributed by atoms with van der Waals surface area (Å²) >= 11 is 1.59. The Morgan fingerprint density at radius 2 is 1.94 bits per heavy atom. The molecule has 34 heavy (non-hydrogen) atoms. The summed E-state index contributed by atoms with van der Waals surface area (Å²) in [6, 6.07) is 10.6. The molecule has 2 N–H and O–H groups in total. The lowest BCUT2D eigenvalue weighted by Gasteiger charge is -2.31. The molecule has 1 aliphatic rings. The lowest BCUT2D eigenvalue weighted by molar-refractivity contribution is -0.144. The standard InChI is InChI=1S/C25H25N3O5S/c1-31-15-5-6-18-16(11-15)17(12-26-18)23(25(29)30)28-9-8-19-22(13-28)34-24(27-19)14-4-7-20(32-2)21(10-14)33-3/h4-7,10-12,23,26H,8-9,13H2,1-3H3,(H,29,30)/t23-/m0/s1. The molecular weight excluding hydrogens is 454 g/mol. The fourth-order valence-corrected chi connectivity index (χ4v) is 5.62. The van der Waals surface area contributed by atoms with E-state index in [0.29, 0.717) is 36.8 Å². The van der Waals surface area contributed by atoms with Gasteiger partial charge in [0.1, 0.15) is 16.8 Å². The first kappa shape index (κ1) is 22.2. The first-order chi connectivity index (χ1) is 16.5. The van der Waals surface area contributed by atoms with Gasteiger partial charge in [-0.05, 0) is 36.4 Å². The van der Waals surface area contributed by atoms with E-state index in [2.05, 4.69) is 4.98 Å². The average molecular weight is 480 g/mol. The number of benzene rings is 2. The maximum absolute atomic E-state index is 12.4. The molecule has 176 valence electrons. The summed E-state index contributed by atoms with van der Waals surface area (Å²) in [7, 11) is 4.82. The van der Waals surface area contributed by atoms with E-state index in [1.807, 2.05) is 41.3 Å². The van der Waals surface area contributed by atoms with Gasteiger partial charge in [0.2, 0.25) is 0 Å². The van der Waals surface area contributed by atoms with E-state index in [1.165, 1.54) is 0 Å². The molecule has 0 fully saturated rings. The number of nitrogens with zero attached hydrogens (tertiary/aromatic N) is 2. The highest BCUT2D eigenvalue weighted by molar-refractivity contribution is 7.15. The number of aromatic amines is 1. The SMILES string of the molecule is COc1ccc2[nH]cc([C@@H](C(=O)O)N3CCc4nc(-c5ccc(OC)c(OC)c5)sc4C3)c2c1.